The summed E-state index contributed by atoms with van der Waals surface area (Å²) in [6.45, 7) is 3.48. The molecule has 1 amide bonds. The maximum atomic E-state index is 11.3. The molecule has 0 aliphatic heterocycles. The summed E-state index contributed by atoms with van der Waals surface area (Å²) in [5.74, 6) is -0.611. The zero-order valence-electron chi connectivity index (χ0n) is 9.05. The van der Waals surface area contributed by atoms with Crippen LogP contribution >= 0.6 is 0 Å². The Morgan fingerprint density at radius 2 is 2.29 bits per heavy atom. The second kappa shape index (κ2) is 5.64. The molecular weight excluding hydrogens is 224 g/mol. The number of phenols is 1. The van der Waals surface area contributed by atoms with E-state index in [9.17, 15) is 20.0 Å². The molecule has 2 N–H and O–H groups in total. The number of hydrogen-bond acceptors (Lipinski definition) is 4. The number of aromatic hydroxyl groups is 1. The lowest BCUT2D eigenvalue weighted by Gasteiger charge is -2.06. The highest BCUT2D eigenvalue weighted by molar-refractivity contribution is 5.92. The number of phenolic OH excluding ortho intramolecular Hbond substituents is 1. The van der Waals surface area contributed by atoms with E-state index in [0.29, 0.717) is 6.42 Å². The lowest BCUT2D eigenvalue weighted by molar-refractivity contribution is -0.384. The Bertz CT molecular complexity index is 457. The molecule has 6 nitrogen and oxygen atoms in total. The van der Waals surface area contributed by atoms with Gasteiger partial charge in [-0.2, -0.15) is 0 Å². The quantitative estimate of drug-likeness (QED) is 0.355. The highest BCUT2D eigenvalue weighted by Gasteiger charge is 2.11. The number of allylic oxidation sites excluding steroid dienone is 1. The summed E-state index contributed by atoms with van der Waals surface area (Å²) in [6, 6.07) is 3.49. The average molecular weight is 236 g/mol. The zero-order valence-corrected chi connectivity index (χ0v) is 9.05. The maximum absolute atomic E-state index is 11.3. The summed E-state index contributed by atoms with van der Waals surface area (Å²) in [6.07, 6.45) is 2.38. The topological polar surface area (TPSA) is 92.5 Å². The van der Waals surface area contributed by atoms with Gasteiger partial charge in [-0.3, -0.25) is 14.9 Å². The van der Waals surface area contributed by atoms with E-state index in [2.05, 4.69) is 11.9 Å². The Hall–Kier alpha value is -2.37. The fourth-order valence-corrected chi connectivity index (χ4v) is 1.19. The van der Waals surface area contributed by atoms with Crippen molar-refractivity contribution in [2.45, 2.75) is 12.8 Å². The molecule has 90 valence electrons. The summed E-state index contributed by atoms with van der Waals surface area (Å²) < 4.78 is 0. The van der Waals surface area contributed by atoms with Crippen LogP contribution in [-0.2, 0) is 4.79 Å². The predicted octanol–water partition coefficient (Wildman–Crippen LogP) is 2.21. The van der Waals surface area contributed by atoms with E-state index in [1.165, 1.54) is 12.1 Å². The number of benzene rings is 1. The van der Waals surface area contributed by atoms with Gasteiger partial charge in [0, 0.05) is 12.5 Å². The Balaban J connectivity index is 2.75. The van der Waals surface area contributed by atoms with Crippen molar-refractivity contribution in [3.05, 3.63) is 41.0 Å². The molecule has 1 aromatic carbocycles. The number of nitrogens with zero attached hydrogens (tertiary/aromatic N) is 1. The van der Waals surface area contributed by atoms with E-state index in [4.69, 9.17) is 0 Å². The van der Waals surface area contributed by atoms with Crippen molar-refractivity contribution >= 4 is 17.3 Å². The van der Waals surface area contributed by atoms with Crippen LogP contribution in [0.5, 0.6) is 5.75 Å². The highest BCUT2D eigenvalue weighted by Crippen LogP contribution is 2.27. The number of anilines is 1. The van der Waals surface area contributed by atoms with Crippen molar-refractivity contribution in [1.29, 1.82) is 0 Å². The summed E-state index contributed by atoms with van der Waals surface area (Å²) in [4.78, 5) is 21.1. The number of nitro benzene ring substituents is 1. The molecule has 0 bridgehead atoms. The number of amides is 1. The molecule has 0 unspecified atom stereocenters. The van der Waals surface area contributed by atoms with Crippen molar-refractivity contribution in [1.82, 2.24) is 0 Å². The van der Waals surface area contributed by atoms with Crippen LogP contribution < -0.4 is 5.32 Å². The van der Waals surface area contributed by atoms with E-state index >= 15 is 0 Å². The maximum Gasteiger partial charge on any atom is 0.273 e. The number of carbonyl (C=O) groups is 1. The van der Waals surface area contributed by atoms with E-state index in [1.807, 2.05) is 0 Å². The van der Waals surface area contributed by atoms with Gasteiger partial charge in [0.25, 0.3) is 5.69 Å². The van der Waals surface area contributed by atoms with Gasteiger partial charge in [0.05, 0.1) is 16.7 Å². The molecule has 17 heavy (non-hydrogen) atoms. The van der Waals surface area contributed by atoms with E-state index < -0.39 is 4.92 Å². The second-order valence-electron chi connectivity index (χ2n) is 3.33. The van der Waals surface area contributed by atoms with Gasteiger partial charge in [-0.25, -0.2) is 0 Å². The third kappa shape index (κ3) is 3.60. The van der Waals surface area contributed by atoms with Crippen LogP contribution in [0.1, 0.15) is 12.8 Å². The molecule has 0 spiro atoms. The smallest absolute Gasteiger partial charge is 0.273 e. The third-order valence-electron chi connectivity index (χ3n) is 2.04. The van der Waals surface area contributed by atoms with Crippen LogP contribution in [0.15, 0.2) is 30.9 Å². The minimum absolute atomic E-state index is 0.157. The molecule has 0 heterocycles. The molecule has 0 saturated heterocycles. The number of carbonyl (C=O) groups excluding carboxylic acids is 1. The minimum atomic E-state index is -0.622. The molecule has 0 radical (unpaired) electrons. The van der Waals surface area contributed by atoms with Crippen molar-refractivity contribution < 1.29 is 14.8 Å². The number of non-ortho nitro benzene ring substituents is 1. The number of nitrogens with one attached hydrogen (secondary N) is 1. The van der Waals surface area contributed by atoms with Gasteiger partial charge in [0.2, 0.25) is 5.91 Å². The van der Waals surface area contributed by atoms with Crippen molar-refractivity contribution in [3.63, 3.8) is 0 Å². The van der Waals surface area contributed by atoms with Crippen LogP contribution in [0.2, 0.25) is 0 Å². The first kappa shape index (κ1) is 12.7. The van der Waals surface area contributed by atoms with Gasteiger partial charge in [0.1, 0.15) is 5.75 Å². The van der Waals surface area contributed by atoms with Gasteiger partial charge in [-0.05, 0) is 12.5 Å². The first-order valence-electron chi connectivity index (χ1n) is 4.92. The first-order chi connectivity index (χ1) is 8.04. The largest absolute Gasteiger partial charge is 0.506 e. The SMILES string of the molecule is C=CCCC(=O)Nc1ccc([N+](=O)[O-])cc1O. The molecule has 0 aromatic heterocycles. The van der Waals surface area contributed by atoms with E-state index in [0.717, 1.165) is 6.07 Å². The van der Waals surface area contributed by atoms with Crippen molar-refractivity contribution in [3.8, 4) is 5.75 Å². The monoisotopic (exact) mass is 236 g/mol. The van der Waals surface area contributed by atoms with Gasteiger partial charge in [0.15, 0.2) is 0 Å². The van der Waals surface area contributed by atoms with Crippen LogP contribution in [0, 0.1) is 10.1 Å². The number of hydrogen-bond donors (Lipinski definition) is 2. The molecule has 6 heteroatoms. The zero-order chi connectivity index (χ0) is 12.8. The Kier molecular flexibility index (Phi) is 4.21. The summed E-state index contributed by atoms with van der Waals surface area (Å²) in [5.41, 5.74) is -0.0729. The number of rotatable bonds is 5. The van der Waals surface area contributed by atoms with Crippen LogP contribution in [0.25, 0.3) is 0 Å². The standard InChI is InChI=1S/C11H12N2O4/c1-2-3-4-11(15)12-9-6-5-8(13(16)17)7-10(9)14/h2,5-7,14H,1,3-4H2,(H,12,15). The predicted molar refractivity (Wildman–Crippen MR) is 62.8 cm³/mol. The Morgan fingerprint density at radius 1 is 1.59 bits per heavy atom. The molecule has 0 aliphatic carbocycles. The van der Waals surface area contributed by atoms with Crippen molar-refractivity contribution in [2.75, 3.05) is 5.32 Å². The molecule has 1 aromatic rings. The van der Waals surface area contributed by atoms with E-state index in [1.54, 1.807) is 6.08 Å². The minimum Gasteiger partial charge on any atom is -0.506 e. The molecule has 0 saturated carbocycles. The highest BCUT2D eigenvalue weighted by atomic mass is 16.6. The van der Waals surface area contributed by atoms with Crippen LogP contribution in [0.3, 0.4) is 0 Å². The molecule has 0 fully saturated rings. The molecular formula is C11H12N2O4. The van der Waals surface area contributed by atoms with Crippen LogP contribution in [-0.4, -0.2) is 15.9 Å². The fourth-order valence-electron chi connectivity index (χ4n) is 1.19. The van der Waals surface area contributed by atoms with Gasteiger partial charge in [-0.15, -0.1) is 6.58 Å². The van der Waals surface area contributed by atoms with Gasteiger partial charge in [-0.1, -0.05) is 6.08 Å². The van der Waals surface area contributed by atoms with Gasteiger partial charge >= 0.3 is 0 Å². The van der Waals surface area contributed by atoms with Crippen molar-refractivity contribution in [2.24, 2.45) is 0 Å². The van der Waals surface area contributed by atoms with Crippen LogP contribution in [0.4, 0.5) is 11.4 Å². The Morgan fingerprint density at radius 3 is 2.82 bits per heavy atom. The first-order valence-corrected chi connectivity index (χ1v) is 4.92. The number of nitro groups is 1. The third-order valence-corrected chi connectivity index (χ3v) is 2.04. The second-order valence-corrected chi connectivity index (χ2v) is 3.33. The van der Waals surface area contributed by atoms with E-state index in [-0.39, 0.29) is 29.5 Å². The summed E-state index contributed by atoms with van der Waals surface area (Å²) in [7, 11) is 0. The summed E-state index contributed by atoms with van der Waals surface area (Å²) >= 11 is 0. The van der Waals surface area contributed by atoms with Gasteiger partial charge < -0.3 is 10.4 Å². The normalized spacial score (nSPS) is 9.65. The fraction of sp³-hybridized carbons (Fsp3) is 0.182. The Labute approximate surface area is 97.7 Å². The average Bonchev–Trinajstić information content (AvgIpc) is 2.28. The molecule has 0 aliphatic rings. The lowest BCUT2D eigenvalue weighted by Crippen LogP contribution is -2.10. The lowest BCUT2D eigenvalue weighted by atomic mass is 10.2. The molecule has 1 rings (SSSR count). The summed E-state index contributed by atoms with van der Waals surface area (Å²) in [5, 5.41) is 22.4. The molecule has 0 atom stereocenters.